The molecule has 0 spiro atoms. The molecular weight excluding hydrogens is 272 g/mol. The number of hydrogen-bond donors (Lipinski definition) is 1. The summed E-state index contributed by atoms with van der Waals surface area (Å²) < 4.78 is 7.88. The third kappa shape index (κ3) is 2.18. The van der Waals surface area contributed by atoms with Crippen LogP contribution in [0.2, 0.25) is 0 Å². The topological polar surface area (TPSA) is 26.2 Å². The largest absolute Gasteiger partial charge is 0.497 e. The van der Waals surface area contributed by atoms with E-state index in [0.717, 1.165) is 31.8 Å². The first-order chi connectivity index (χ1) is 10.9. The average Bonchev–Trinajstić information content (AvgIpc) is 2.89. The molecule has 3 heteroatoms. The highest BCUT2D eigenvalue weighted by atomic mass is 16.5. The van der Waals surface area contributed by atoms with Crippen molar-refractivity contribution in [3.05, 3.63) is 65.4 Å². The van der Waals surface area contributed by atoms with Crippen LogP contribution in [0.4, 0.5) is 0 Å². The normalized spacial score (nSPS) is 14.0. The van der Waals surface area contributed by atoms with Crippen LogP contribution in [0.3, 0.4) is 0 Å². The van der Waals surface area contributed by atoms with Gasteiger partial charge in [-0.3, -0.25) is 0 Å². The molecular formula is C19H20N2O. The van der Waals surface area contributed by atoms with E-state index >= 15 is 0 Å². The number of nitrogens with zero attached hydrogens (tertiary/aromatic N) is 1. The van der Waals surface area contributed by atoms with Gasteiger partial charge in [-0.15, -0.1) is 0 Å². The Labute approximate surface area is 130 Å². The summed E-state index contributed by atoms with van der Waals surface area (Å²) in [5.41, 5.74) is 5.54. The molecule has 1 aromatic heterocycles. The lowest BCUT2D eigenvalue weighted by Crippen LogP contribution is -2.24. The van der Waals surface area contributed by atoms with E-state index in [4.69, 9.17) is 4.74 Å². The van der Waals surface area contributed by atoms with Crippen molar-refractivity contribution in [1.82, 2.24) is 9.88 Å². The molecule has 0 aliphatic carbocycles. The third-order valence-corrected chi connectivity index (χ3v) is 4.52. The molecule has 0 fully saturated rings. The summed E-state index contributed by atoms with van der Waals surface area (Å²) in [5, 5.41) is 4.81. The first-order valence-corrected chi connectivity index (χ1v) is 7.79. The Bertz CT molecular complexity index is 805. The second kappa shape index (κ2) is 5.50. The van der Waals surface area contributed by atoms with Gasteiger partial charge in [0.15, 0.2) is 0 Å². The first-order valence-electron chi connectivity index (χ1n) is 7.79. The lowest BCUT2D eigenvalue weighted by molar-refractivity contribution is 0.415. The summed E-state index contributed by atoms with van der Waals surface area (Å²) in [4.78, 5) is 0. The Morgan fingerprint density at radius 2 is 2.00 bits per heavy atom. The Balaban J connectivity index is 1.89. The predicted molar refractivity (Wildman–Crippen MR) is 89.4 cm³/mol. The molecule has 1 aliphatic heterocycles. The van der Waals surface area contributed by atoms with E-state index in [9.17, 15) is 0 Å². The summed E-state index contributed by atoms with van der Waals surface area (Å²) in [5.74, 6) is 0.928. The third-order valence-electron chi connectivity index (χ3n) is 4.52. The average molecular weight is 292 g/mol. The van der Waals surface area contributed by atoms with Crippen LogP contribution in [0.25, 0.3) is 10.9 Å². The van der Waals surface area contributed by atoms with Gasteiger partial charge in [-0.1, -0.05) is 30.3 Å². The summed E-state index contributed by atoms with van der Waals surface area (Å²) in [6.45, 7) is 2.93. The van der Waals surface area contributed by atoms with Gasteiger partial charge >= 0.3 is 0 Å². The molecule has 2 heterocycles. The zero-order valence-electron chi connectivity index (χ0n) is 12.8. The molecule has 0 radical (unpaired) electrons. The number of ether oxygens (including phenoxy) is 1. The molecule has 0 saturated heterocycles. The van der Waals surface area contributed by atoms with Gasteiger partial charge in [-0.25, -0.2) is 0 Å². The summed E-state index contributed by atoms with van der Waals surface area (Å²) in [6.07, 6.45) is 1.08. The molecule has 0 unspecified atom stereocenters. The number of methoxy groups -OCH3 is 1. The zero-order valence-corrected chi connectivity index (χ0v) is 12.8. The molecule has 0 atom stereocenters. The highest BCUT2D eigenvalue weighted by Gasteiger charge is 2.20. The van der Waals surface area contributed by atoms with Gasteiger partial charge in [0.2, 0.25) is 0 Å². The standard InChI is InChI=1S/C19H20N2O/c1-22-15-7-8-18-16(11-15)17-12-20-10-9-19(17)21(18)13-14-5-3-2-4-6-14/h2-8,11,20H,9-10,12-13H2,1H3. The van der Waals surface area contributed by atoms with Gasteiger partial charge in [0.25, 0.3) is 0 Å². The lowest BCUT2D eigenvalue weighted by atomic mass is 10.1. The van der Waals surface area contributed by atoms with E-state index < -0.39 is 0 Å². The molecule has 2 aromatic carbocycles. The lowest BCUT2D eigenvalue weighted by Gasteiger charge is -2.17. The fraction of sp³-hybridized carbons (Fsp3) is 0.263. The Kier molecular flexibility index (Phi) is 3.35. The number of fused-ring (bicyclic) bond motifs is 3. The van der Waals surface area contributed by atoms with Crippen molar-refractivity contribution < 1.29 is 4.74 Å². The van der Waals surface area contributed by atoms with Crippen molar-refractivity contribution >= 4 is 10.9 Å². The van der Waals surface area contributed by atoms with Gasteiger partial charge in [0, 0.05) is 42.7 Å². The zero-order chi connectivity index (χ0) is 14.9. The second-order valence-corrected chi connectivity index (χ2v) is 5.81. The van der Waals surface area contributed by atoms with Crippen molar-refractivity contribution in [2.45, 2.75) is 19.5 Å². The molecule has 112 valence electrons. The fourth-order valence-corrected chi connectivity index (χ4v) is 3.43. The van der Waals surface area contributed by atoms with Gasteiger partial charge in [0.05, 0.1) is 7.11 Å². The van der Waals surface area contributed by atoms with E-state index in [1.807, 2.05) is 0 Å². The number of benzene rings is 2. The van der Waals surface area contributed by atoms with Crippen LogP contribution in [0, 0.1) is 0 Å². The smallest absolute Gasteiger partial charge is 0.119 e. The van der Waals surface area contributed by atoms with E-state index in [2.05, 4.69) is 58.4 Å². The van der Waals surface area contributed by atoms with Gasteiger partial charge in [0.1, 0.15) is 5.75 Å². The minimum Gasteiger partial charge on any atom is -0.497 e. The van der Waals surface area contributed by atoms with E-state index in [1.165, 1.54) is 27.7 Å². The summed E-state index contributed by atoms with van der Waals surface area (Å²) in [6, 6.07) is 17.1. The highest BCUT2D eigenvalue weighted by Crippen LogP contribution is 2.32. The minimum atomic E-state index is 0.928. The molecule has 0 saturated carbocycles. The van der Waals surface area contributed by atoms with Gasteiger partial charge in [-0.2, -0.15) is 0 Å². The highest BCUT2D eigenvalue weighted by molar-refractivity contribution is 5.87. The maximum Gasteiger partial charge on any atom is 0.119 e. The van der Waals surface area contributed by atoms with Crippen LogP contribution in [0.5, 0.6) is 5.75 Å². The van der Waals surface area contributed by atoms with Crippen molar-refractivity contribution in [3.8, 4) is 5.75 Å². The predicted octanol–water partition coefficient (Wildman–Crippen LogP) is 3.34. The Morgan fingerprint density at radius 3 is 2.82 bits per heavy atom. The molecule has 3 aromatic rings. The molecule has 4 rings (SSSR count). The molecule has 0 bridgehead atoms. The molecule has 1 aliphatic rings. The van der Waals surface area contributed by atoms with E-state index in [1.54, 1.807) is 7.11 Å². The van der Waals surface area contributed by atoms with Crippen LogP contribution < -0.4 is 10.1 Å². The van der Waals surface area contributed by atoms with Crippen LogP contribution in [-0.2, 0) is 19.5 Å². The molecule has 3 nitrogen and oxygen atoms in total. The van der Waals surface area contributed by atoms with Crippen molar-refractivity contribution in [2.24, 2.45) is 0 Å². The summed E-state index contributed by atoms with van der Waals surface area (Å²) >= 11 is 0. The van der Waals surface area contributed by atoms with Crippen molar-refractivity contribution in [2.75, 3.05) is 13.7 Å². The van der Waals surface area contributed by atoms with Crippen LogP contribution in [0.1, 0.15) is 16.8 Å². The van der Waals surface area contributed by atoms with Gasteiger partial charge < -0.3 is 14.6 Å². The maximum atomic E-state index is 5.41. The fourth-order valence-electron chi connectivity index (χ4n) is 3.43. The van der Waals surface area contributed by atoms with Crippen LogP contribution in [0.15, 0.2) is 48.5 Å². The van der Waals surface area contributed by atoms with Gasteiger partial charge in [-0.05, 0) is 29.3 Å². The molecule has 1 N–H and O–H groups in total. The van der Waals surface area contributed by atoms with E-state index in [0.29, 0.717) is 0 Å². The quantitative estimate of drug-likeness (QED) is 0.801. The Hall–Kier alpha value is -2.26. The molecule has 0 amide bonds. The van der Waals surface area contributed by atoms with Crippen molar-refractivity contribution in [3.63, 3.8) is 0 Å². The number of rotatable bonds is 3. The second-order valence-electron chi connectivity index (χ2n) is 5.81. The maximum absolute atomic E-state index is 5.41. The monoisotopic (exact) mass is 292 g/mol. The molecule has 22 heavy (non-hydrogen) atoms. The number of nitrogens with one attached hydrogen (secondary N) is 1. The van der Waals surface area contributed by atoms with Crippen LogP contribution in [-0.4, -0.2) is 18.2 Å². The van der Waals surface area contributed by atoms with Crippen molar-refractivity contribution in [1.29, 1.82) is 0 Å². The summed E-state index contributed by atoms with van der Waals surface area (Å²) in [7, 11) is 1.73. The minimum absolute atomic E-state index is 0.928. The van der Waals surface area contributed by atoms with Crippen LogP contribution >= 0.6 is 0 Å². The number of hydrogen-bond acceptors (Lipinski definition) is 2. The Morgan fingerprint density at radius 1 is 1.14 bits per heavy atom. The number of aromatic nitrogens is 1. The first kappa shape index (κ1) is 13.4. The van der Waals surface area contributed by atoms with E-state index in [-0.39, 0.29) is 0 Å². The SMILES string of the molecule is COc1ccc2c(c1)c1c(n2Cc2ccccc2)CCNC1.